The molecule has 1 N–H and O–H groups in total. The zero-order valence-corrected chi connectivity index (χ0v) is 14.2. The van der Waals surface area contributed by atoms with E-state index in [1.54, 1.807) is 6.07 Å². The van der Waals surface area contributed by atoms with Gasteiger partial charge in [0.1, 0.15) is 0 Å². The van der Waals surface area contributed by atoms with Gasteiger partial charge in [0.2, 0.25) is 17.2 Å². The van der Waals surface area contributed by atoms with Gasteiger partial charge in [-0.2, -0.15) is 15.0 Å². The Morgan fingerprint density at radius 3 is 2.96 bits per heavy atom. The summed E-state index contributed by atoms with van der Waals surface area (Å²) < 4.78 is 1.92. The fourth-order valence-electron chi connectivity index (χ4n) is 3.78. The molecule has 2 aromatic heterocycles. The van der Waals surface area contributed by atoms with Crippen molar-refractivity contribution in [3.63, 3.8) is 0 Å². The van der Waals surface area contributed by atoms with Gasteiger partial charge in [-0.3, -0.25) is 4.79 Å². The van der Waals surface area contributed by atoms with Gasteiger partial charge in [0, 0.05) is 43.9 Å². The number of hydrogen-bond acceptors (Lipinski definition) is 6. The number of nitrogens with zero attached hydrogens (tertiary/aromatic N) is 5. The van der Waals surface area contributed by atoms with Crippen LogP contribution in [0.15, 0.2) is 23.0 Å². The average Bonchev–Trinajstić information content (AvgIpc) is 2.55. The summed E-state index contributed by atoms with van der Waals surface area (Å²) in [6, 6.07) is 5.53. The molecule has 2 bridgehead atoms. The molecule has 8 heteroatoms. The number of fused-ring (bicyclic) bond motifs is 4. The molecule has 2 aliphatic rings. The van der Waals surface area contributed by atoms with Crippen molar-refractivity contribution < 1.29 is 0 Å². The molecule has 0 spiro atoms. The molecule has 4 heterocycles. The first-order valence-corrected chi connectivity index (χ1v) is 8.62. The van der Waals surface area contributed by atoms with Crippen LogP contribution in [0.25, 0.3) is 0 Å². The highest BCUT2D eigenvalue weighted by atomic mass is 35.5. The normalized spacial score (nSPS) is 22.2. The van der Waals surface area contributed by atoms with E-state index in [0.29, 0.717) is 23.7 Å². The third-order valence-corrected chi connectivity index (χ3v) is 4.86. The smallest absolute Gasteiger partial charge is 0.250 e. The second-order valence-electron chi connectivity index (χ2n) is 6.36. The number of nitrogens with one attached hydrogen (secondary N) is 1. The van der Waals surface area contributed by atoms with Crippen molar-refractivity contribution >= 4 is 23.5 Å². The lowest BCUT2D eigenvalue weighted by molar-refractivity contribution is 0.279. The van der Waals surface area contributed by atoms with E-state index < -0.39 is 0 Å². The Labute approximate surface area is 144 Å². The number of rotatable bonds is 3. The van der Waals surface area contributed by atoms with Crippen molar-refractivity contribution in [2.24, 2.45) is 5.92 Å². The van der Waals surface area contributed by atoms with E-state index >= 15 is 0 Å². The van der Waals surface area contributed by atoms with E-state index in [9.17, 15) is 4.79 Å². The first kappa shape index (κ1) is 15.4. The minimum Gasteiger partial charge on any atom is -0.354 e. The number of anilines is 2. The van der Waals surface area contributed by atoms with Gasteiger partial charge in [-0.05, 0) is 36.9 Å². The molecule has 0 aromatic carbocycles. The molecule has 0 amide bonds. The van der Waals surface area contributed by atoms with Gasteiger partial charge in [-0.15, -0.1) is 0 Å². The lowest BCUT2D eigenvalue weighted by Crippen LogP contribution is -2.47. The van der Waals surface area contributed by atoms with Crippen molar-refractivity contribution in [2.75, 3.05) is 29.9 Å². The van der Waals surface area contributed by atoms with Gasteiger partial charge in [-0.1, -0.05) is 6.07 Å². The summed E-state index contributed by atoms with van der Waals surface area (Å²) in [7, 11) is 0. The Hall–Kier alpha value is -2.15. The van der Waals surface area contributed by atoms with E-state index in [1.165, 1.54) is 0 Å². The lowest BCUT2D eigenvalue weighted by atomic mass is 9.83. The summed E-state index contributed by atoms with van der Waals surface area (Å²) in [6.45, 7) is 5.06. The molecule has 0 aliphatic carbocycles. The van der Waals surface area contributed by atoms with Crippen LogP contribution in [0.5, 0.6) is 0 Å². The zero-order valence-electron chi connectivity index (χ0n) is 13.4. The summed E-state index contributed by atoms with van der Waals surface area (Å²) in [5.74, 6) is 1.83. The molecule has 0 radical (unpaired) electrons. The quantitative estimate of drug-likeness (QED) is 0.912. The number of aromatic nitrogens is 4. The Balaban J connectivity index is 1.66. The monoisotopic (exact) mass is 346 g/mol. The van der Waals surface area contributed by atoms with E-state index in [2.05, 4.69) is 31.2 Å². The summed E-state index contributed by atoms with van der Waals surface area (Å²) in [6.07, 6.45) is 1.10. The molecule has 2 atom stereocenters. The largest absolute Gasteiger partial charge is 0.354 e. The Morgan fingerprint density at radius 2 is 2.12 bits per heavy atom. The summed E-state index contributed by atoms with van der Waals surface area (Å²) >= 11 is 6.05. The van der Waals surface area contributed by atoms with E-state index in [4.69, 9.17) is 11.6 Å². The average molecular weight is 347 g/mol. The number of piperidine rings is 1. The molecular formula is C16H19ClN6O. The van der Waals surface area contributed by atoms with Crippen LogP contribution in [0.4, 0.5) is 11.9 Å². The van der Waals surface area contributed by atoms with Gasteiger partial charge in [-0.25, -0.2) is 0 Å². The highest BCUT2D eigenvalue weighted by Crippen LogP contribution is 2.36. The van der Waals surface area contributed by atoms with Crippen LogP contribution >= 0.6 is 11.6 Å². The zero-order chi connectivity index (χ0) is 16.7. The molecule has 1 fully saturated rings. The van der Waals surface area contributed by atoms with Gasteiger partial charge in [0.25, 0.3) is 5.56 Å². The third-order valence-electron chi connectivity index (χ3n) is 4.69. The van der Waals surface area contributed by atoms with Crippen LogP contribution in [-0.2, 0) is 6.54 Å². The van der Waals surface area contributed by atoms with Crippen LogP contribution in [0.3, 0.4) is 0 Å². The Bertz CT molecular complexity index is 822. The molecule has 7 nitrogen and oxygen atoms in total. The first-order chi connectivity index (χ1) is 11.6. The minimum absolute atomic E-state index is 0.0910. The standard InChI is InChI=1S/C16H19ClN6O/c1-2-18-15-19-14(17)20-16(21-15)22-7-10-6-11(9-22)12-4-3-5-13(24)23(12)8-10/h3-5,10-11H,2,6-9H2,1H3,(H,18,19,20,21)/t10-,11+/m1/s1. The van der Waals surface area contributed by atoms with Crippen LogP contribution in [-0.4, -0.2) is 39.2 Å². The van der Waals surface area contributed by atoms with Crippen molar-refractivity contribution in [3.8, 4) is 0 Å². The Morgan fingerprint density at radius 1 is 1.25 bits per heavy atom. The van der Waals surface area contributed by atoms with E-state index in [0.717, 1.165) is 38.3 Å². The number of pyridine rings is 1. The Kier molecular flexibility index (Phi) is 3.88. The predicted molar refractivity (Wildman–Crippen MR) is 92.8 cm³/mol. The molecule has 24 heavy (non-hydrogen) atoms. The first-order valence-electron chi connectivity index (χ1n) is 8.24. The molecule has 2 aliphatic heterocycles. The molecule has 1 saturated heterocycles. The predicted octanol–water partition coefficient (Wildman–Crippen LogP) is 1.74. The maximum absolute atomic E-state index is 12.1. The second-order valence-corrected chi connectivity index (χ2v) is 6.70. The maximum Gasteiger partial charge on any atom is 0.250 e. The number of halogens is 1. The van der Waals surface area contributed by atoms with Crippen molar-refractivity contribution in [1.29, 1.82) is 0 Å². The molecule has 2 aromatic rings. The highest BCUT2D eigenvalue weighted by Gasteiger charge is 2.35. The van der Waals surface area contributed by atoms with Crippen LogP contribution in [0.1, 0.15) is 25.0 Å². The third kappa shape index (κ3) is 2.73. The fourth-order valence-corrected chi connectivity index (χ4v) is 3.93. The van der Waals surface area contributed by atoms with Gasteiger partial charge < -0.3 is 14.8 Å². The molecule has 4 rings (SSSR count). The van der Waals surface area contributed by atoms with E-state index in [-0.39, 0.29) is 10.8 Å². The van der Waals surface area contributed by atoms with Crippen molar-refractivity contribution in [1.82, 2.24) is 19.5 Å². The number of hydrogen-bond donors (Lipinski definition) is 1. The molecule has 126 valence electrons. The summed E-state index contributed by atoms with van der Waals surface area (Å²) in [5, 5.41) is 3.28. The van der Waals surface area contributed by atoms with Gasteiger partial charge >= 0.3 is 0 Å². The van der Waals surface area contributed by atoms with Gasteiger partial charge in [0.05, 0.1) is 0 Å². The summed E-state index contributed by atoms with van der Waals surface area (Å²) in [5.41, 5.74) is 1.20. The topological polar surface area (TPSA) is 75.9 Å². The maximum atomic E-state index is 12.1. The minimum atomic E-state index is 0.0910. The van der Waals surface area contributed by atoms with Crippen LogP contribution in [0.2, 0.25) is 5.28 Å². The molecule has 0 saturated carbocycles. The second kappa shape index (κ2) is 6.05. The van der Waals surface area contributed by atoms with E-state index in [1.807, 2.05) is 17.6 Å². The molecule has 0 unspecified atom stereocenters. The summed E-state index contributed by atoms with van der Waals surface area (Å²) in [4.78, 5) is 27.1. The van der Waals surface area contributed by atoms with Crippen LogP contribution < -0.4 is 15.8 Å². The highest BCUT2D eigenvalue weighted by molar-refractivity contribution is 6.28. The lowest BCUT2D eigenvalue weighted by Gasteiger charge is -2.42. The van der Waals surface area contributed by atoms with Gasteiger partial charge in [0.15, 0.2) is 0 Å². The fraction of sp³-hybridized carbons (Fsp3) is 0.500. The molecular weight excluding hydrogens is 328 g/mol. The SMILES string of the molecule is CCNc1nc(Cl)nc(N2C[C@H]3C[C@@H](C2)c2cccc(=O)n2C3)n1. The van der Waals surface area contributed by atoms with Crippen LogP contribution in [0, 0.1) is 5.92 Å². The van der Waals surface area contributed by atoms with Crippen molar-refractivity contribution in [2.45, 2.75) is 25.8 Å². The van der Waals surface area contributed by atoms with Crippen molar-refractivity contribution in [3.05, 3.63) is 39.5 Å².